The highest BCUT2D eigenvalue weighted by atomic mass is 35.5. The summed E-state index contributed by atoms with van der Waals surface area (Å²) >= 11 is 6.10. The van der Waals surface area contributed by atoms with Crippen molar-refractivity contribution in [2.45, 2.75) is 6.42 Å². The minimum Gasteiger partial charge on any atom is -0.354 e. The fourth-order valence-corrected chi connectivity index (χ4v) is 4.25. The molecule has 1 saturated heterocycles. The number of halogens is 1. The Kier molecular flexibility index (Phi) is 6.61. The summed E-state index contributed by atoms with van der Waals surface area (Å²) in [5, 5.41) is 0.715. The van der Waals surface area contributed by atoms with Crippen LogP contribution in [0.25, 0.3) is 22.6 Å². The Morgan fingerprint density at radius 2 is 1.58 bits per heavy atom. The van der Waals surface area contributed by atoms with Gasteiger partial charge in [-0.25, -0.2) is 9.97 Å². The van der Waals surface area contributed by atoms with Crippen molar-refractivity contribution in [3.63, 3.8) is 0 Å². The molecule has 0 radical (unpaired) electrons. The van der Waals surface area contributed by atoms with Gasteiger partial charge in [0.2, 0.25) is 0 Å². The molecule has 0 aliphatic carbocycles. The second-order valence-corrected chi connectivity index (χ2v) is 8.68. The van der Waals surface area contributed by atoms with E-state index in [1.54, 1.807) is 6.20 Å². The SMILES string of the molecule is Clc1ccc(-c2cc(N3CCN(CCc4ccccc4)CC3)nc(-c3cccnc3)n2)cc1. The predicted octanol–water partition coefficient (Wildman–Crippen LogP) is 5.22. The summed E-state index contributed by atoms with van der Waals surface area (Å²) in [5.74, 6) is 1.65. The lowest BCUT2D eigenvalue weighted by Gasteiger charge is -2.35. The molecule has 0 amide bonds. The number of pyridine rings is 1. The minimum absolute atomic E-state index is 0.692. The van der Waals surface area contributed by atoms with Crippen LogP contribution >= 0.6 is 11.6 Å². The first-order valence-corrected chi connectivity index (χ1v) is 11.7. The highest BCUT2D eigenvalue weighted by Gasteiger charge is 2.20. The molecule has 1 fully saturated rings. The second kappa shape index (κ2) is 10.1. The fourth-order valence-electron chi connectivity index (χ4n) is 4.12. The van der Waals surface area contributed by atoms with Gasteiger partial charge in [-0.1, -0.05) is 54.1 Å². The first-order valence-electron chi connectivity index (χ1n) is 11.3. The van der Waals surface area contributed by atoms with E-state index in [4.69, 9.17) is 21.6 Å². The van der Waals surface area contributed by atoms with Gasteiger partial charge >= 0.3 is 0 Å². The minimum atomic E-state index is 0.692. The van der Waals surface area contributed by atoms with Gasteiger partial charge in [-0.3, -0.25) is 9.88 Å². The molecule has 4 aromatic rings. The van der Waals surface area contributed by atoms with Gasteiger partial charge in [0.05, 0.1) is 5.69 Å². The lowest BCUT2D eigenvalue weighted by Crippen LogP contribution is -2.47. The van der Waals surface area contributed by atoms with Gasteiger partial charge < -0.3 is 4.90 Å². The highest BCUT2D eigenvalue weighted by molar-refractivity contribution is 6.30. The van der Waals surface area contributed by atoms with E-state index in [9.17, 15) is 0 Å². The van der Waals surface area contributed by atoms with Crippen molar-refractivity contribution in [1.82, 2.24) is 19.9 Å². The number of nitrogens with zero attached hydrogens (tertiary/aromatic N) is 5. The fraction of sp³-hybridized carbons (Fsp3) is 0.222. The van der Waals surface area contributed by atoms with Crippen LogP contribution < -0.4 is 4.90 Å². The van der Waals surface area contributed by atoms with Crippen LogP contribution in [0.2, 0.25) is 5.02 Å². The van der Waals surface area contributed by atoms with E-state index in [0.29, 0.717) is 10.8 Å². The van der Waals surface area contributed by atoms with Crippen molar-refractivity contribution in [2.75, 3.05) is 37.6 Å². The van der Waals surface area contributed by atoms with Crippen molar-refractivity contribution in [3.8, 4) is 22.6 Å². The number of benzene rings is 2. The Labute approximate surface area is 199 Å². The molecule has 0 bridgehead atoms. The van der Waals surface area contributed by atoms with Gasteiger partial charge in [0.25, 0.3) is 0 Å². The third-order valence-electron chi connectivity index (χ3n) is 6.03. The van der Waals surface area contributed by atoms with Crippen molar-refractivity contribution >= 4 is 17.4 Å². The topological polar surface area (TPSA) is 45.2 Å². The van der Waals surface area contributed by atoms with Crippen molar-refractivity contribution < 1.29 is 0 Å². The number of hydrogen-bond acceptors (Lipinski definition) is 5. The second-order valence-electron chi connectivity index (χ2n) is 8.25. The molecule has 5 rings (SSSR count). The van der Waals surface area contributed by atoms with Gasteiger partial charge in [-0.15, -0.1) is 0 Å². The van der Waals surface area contributed by atoms with E-state index < -0.39 is 0 Å². The zero-order valence-electron chi connectivity index (χ0n) is 18.4. The number of aromatic nitrogens is 3. The molecule has 5 nitrogen and oxygen atoms in total. The number of piperazine rings is 1. The summed E-state index contributed by atoms with van der Waals surface area (Å²) in [6.07, 6.45) is 4.66. The van der Waals surface area contributed by atoms with Crippen molar-refractivity contribution in [2.24, 2.45) is 0 Å². The van der Waals surface area contributed by atoms with E-state index in [-0.39, 0.29) is 0 Å². The van der Waals surface area contributed by atoms with Crippen LogP contribution in [0, 0.1) is 0 Å². The first kappa shape index (κ1) is 21.6. The molecule has 2 aromatic carbocycles. The normalized spacial score (nSPS) is 14.4. The lowest BCUT2D eigenvalue weighted by molar-refractivity contribution is 0.260. The first-order chi connectivity index (χ1) is 16.2. The van der Waals surface area contributed by atoms with E-state index in [1.165, 1.54) is 5.56 Å². The Bertz CT molecular complexity index is 1170. The molecule has 0 atom stereocenters. The number of anilines is 1. The largest absolute Gasteiger partial charge is 0.354 e. The van der Waals surface area contributed by atoms with Crippen molar-refractivity contribution in [1.29, 1.82) is 0 Å². The number of hydrogen-bond donors (Lipinski definition) is 0. The molecular weight excluding hydrogens is 430 g/mol. The van der Waals surface area contributed by atoms with Crippen molar-refractivity contribution in [3.05, 3.63) is 95.8 Å². The van der Waals surface area contributed by atoms with E-state index >= 15 is 0 Å². The summed E-state index contributed by atoms with van der Waals surface area (Å²) in [6, 6.07) is 24.5. The van der Waals surface area contributed by atoms with Crippen LogP contribution in [0.4, 0.5) is 5.82 Å². The van der Waals surface area contributed by atoms with Gasteiger partial charge in [-0.2, -0.15) is 0 Å². The van der Waals surface area contributed by atoms with Gasteiger partial charge in [0.1, 0.15) is 5.82 Å². The Hall–Kier alpha value is -3.28. The third kappa shape index (κ3) is 5.38. The van der Waals surface area contributed by atoms with Crippen LogP contribution in [-0.2, 0) is 6.42 Å². The summed E-state index contributed by atoms with van der Waals surface area (Å²) < 4.78 is 0. The zero-order valence-corrected chi connectivity index (χ0v) is 19.2. The van der Waals surface area contributed by atoms with Gasteiger partial charge in [-0.05, 0) is 36.2 Å². The van der Waals surface area contributed by atoms with Crippen LogP contribution in [-0.4, -0.2) is 52.6 Å². The molecule has 166 valence electrons. The summed E-state index contributed by atoms with van der Waals surface area (Å²) in [5.41, 5.74) is 4.22. The molecule has 33 heavy (non-hydrogen) atoms. The number of rotatable bonds is 6. The Morgan fingerprint density at radius 3 is 2.30 bits per heavy atom. The smallest absolute Gasteiger partial charge is 0.163 e. The predicted molar refractivity (Wildman–Crippen MR) is 135 cm³/mol. The van der Waals surface area contributed by atoms with E-state index in [0.717, 1.165) is 61.8 Å². The maximum atomic E-state index is 6.10. The molecule has 0 N–H and O–H groups in total. The molecule has 1 aliphatic rings. The van der Waals surface area contributed by atoms with Crippen LogP contribution in [0.15, 0.2) is 85.2 Å². The quantitative estimate of drug-likeness (QED) is 0.398. The molecule has 0 spiro atoms. The molecule has 1 aliphatic heterocycles. The summed E-state index contributed by atoms with van der Waals surface area (Å²) in [7, 11) is 0. The molecule has 3 heterocycles. The third-order valence-corrected chi connectivity index (χ3v) is 6.28. The molecule has 6 heteroatoms. The molecule has 2 aromatic heterocycles. The lowest BCUT2D eigenvalue weighted by atomic mass is 10.1. The molecule has 0 unspecified atom stereocenters. The zero-order chi connectivity index (χ0) is 22.5. The van der Waals surface area contributed by atoms with E-state index in [1.807, 2.05) is 42.6 Å². The average molecular weight is 456 g/mol. The van der Waals surface area contributed by atoms with Crippen LogP contribution in [0.5, 0.6) is 0 Å². The van der Waals surface area contributed by atoms with Crippen LogP contribution in [0.1, 0.15) is 5.56 Å². The Morgan fingerprint density at radius 1 is 0.788 bits per heavy atom. The Balaban J connectivity index is 1.35. The highest BCUT2D eigenvalue weighted by Crippen LogP contribution is 2.27. The van der Waals surface area contributed by atoms with Crippen LogP contribution in [0.3, 0.4) is 0 Å². The van der Waals surface area contributed by atoms with Gasteiger partial charge in [0, 0.05) is 67.3 Å². The van der Waals surface area contributed by atoms with E-state index in [2.05, 4.69) is 51.2 Å². The van der Waals surface area contributed by atoms with Gasteiger partial charge in [0.15, 0.2) is 5.82 Å². The average Bonchev–Trinajstić information content (AvgIpc) is 2.89. The monoisotopic (exact) mass is 455 g/mol. The molecule has 0 saturated carbocycles. The summed E-state index contributed by atoms with van der Waals surface area (Å²) in [4.78, 5) is 18.9. The maximum Gasteiger partial charge on any atom is 0.163 e. The maximum absolute atomic E-state index is 6.10. The molecular formula is C27H26ClN5. The standard InChI is InChI=1S/C27H26ClN5/c28-24-10-8-22(9-11-24)25-19-26(31-27(30-25)23-7-4-13-29-20-23)33-17-15-32(16-18-33)14-12-21-5-2-1-3-6-21/h1-11,13,19-20H,12,14-18H2. The summed E-state index contributed by atoms with van der Waals surface area (Å²) in [6.45, 7) is 5.01.